The van der Waals surface area contributed by atoms with Crippen LogP contribution in [0, 0.1) is 5.82 Å². The van der Waals surface area contributed by atoms with Gasteiger partial charge in [0.05, 0.1) is 12.0 Å². The van der Waals surface area contributed by atoms with Crippen molar-refractivity contribution in [1.82, 2.24) is 4.90 Å². The first kappa shape index (κ1) is 20.3. The number of hydrogen-bond acceptors (Lipinski definition) is 5. The number of aliphatic imine (C=N–C) groups is 1. The van der Waals surface area contributed by atoms with Crippen LogP contribution in [0.2, 0.25) is 0 Å². The highest BCUT2D eigenvalue weighted by Crippen LogP contribution is 2.35. The van der Waals surface area contributed by atoms with Crippen LogP contribution in [0.5, 0.6) is 0 Å². The average molecular weight is 472 g/mol. The van der Waals surface area contributed by atoms with Crippen molar-refractivity contribution in [3.05, 3.63) is 69.6 Å². The normalized spacial score (nSPS) is 19.3. The van der Waals surface area contributed by atoms with Crippen LogP contribution in [0.15, 0.2) is 56.3 Å². The molecular weight excluding hydrogens is 453 g/mol. The molecule has 1 unspecified atom stereocenters. The van der Waals surface area contributed by atoms with E-state index >= 15 is 0 Å². The summed E-state index contributed by atoms with van der Waals surface area (Å²) in [6.07, 6.45) is 0.00830. The van der Waals surface area contributed by atoms with Gasteiger partial charge in [0, 0.05) is 28.9 Å². The van der Waals surface area contributed by atoms with Gasteiger partial charge in [-0.3, -0.25) is 14.5 Å². The van der Waals surface area contributed by atoms with Crippen molar-refractivity contribution in [2.24, 2.45) is 10.7 Å². The average Bonchev–Trinajstić information content (AvgIpc) is 3.11. The molecule has 6 nitrogen and oxygen atoms in total. The molecule has 154 valence electrons. The van der Waals surface area contributed by atoms with Gasteiger partial charge in [0.2, 0.25) is 11.7 Å². The number of rotatable bonds is 4. The van der Waals surface area contributed by atoms with Crippen LogP contribution in [0.1, 0.15) is 35.0 Å². The van der Waals surface area contributed by atoms with E-state index in [4.69, 9.17) is 10.2 Å². The number of amides is 1. The van der Waals surface area contributed by atoms with Crippen molar-refractivity contribution in [3.63, 3.8) is 0 Å². The molecule has 1 amide bonds. The molecule has 0 bridgehead atoms. The molecule has 30 heavy (non-hydrogen) atoms. The number of nitrogens with zero attached hydrogens (tertiary/aromatic N) is 2. The standard InChI is InChI=1S/C22H19BrFN3O3/c1-22(11-20(29)27(2)21(25)26-22)15-7-12(3-5-16(15)24)8-17(28)19-10-13-9-14(23)4-6-18(13)30-19/h3-7,9-10H,8,11H2,1-2H3,(H2,25,26). The van der Waals surface area contributed by atoms with Gasteiger partial charge in [0.25, 0.3) is 0 Å². The molecule has 8 heteroatoms. The molecule has 1 aliphatic heterocycles. The first-order valence-electron chi connectivity index (χ1n) is 9.29. The Balaban J connectivity index is 1.64. The van der Waals surface area contributed by atoms with Gasteiger partial charge in [-0.15, -0.1) is 0 Å². The molecule has 2 heterocycles. The highest BCUT2D eigenvalue weighted by atomic mass is 79.9. The zero-order valence-corrected chi connectivity index (χ0v) is 18.0. The van der Waals surface area contributed by atoms with Gasteiger partial charge >= 0.3 is 0 Å². The number of carbonyl (C=O) groups is 2. The van der Waals surface area contributed by atoms with Crippen molar-refractivity contribution in [3.8, 4) is 0 Å². The van der Waals surface area contributed by atoms with Crippen molar-refractivity contribution in [2.45, 2.75) is 25.3 Å². The molecule has 1 aliphatic rings. The molecule has 0 aliphatic carbocycles. The van der Waals surface area contributed by atoms with E-state index in [0.29, 0.717) is 11.1 Å². The maximum Gasteiger partial charge on any atom is 0.231 e. The second-order valence-corrected chi connectivity index (χ2v) is 8.50. The van der Waals surface area contributed by atoms with Gasteiger partial charge < -0.3 is 10.2 Å². The Bertz CT molecular complexity index is 1220. The number of nitrogens with two attached hydrogens (primary N) is 1. The van der Waals surface area contributed by atoms with Crippen LogP contribution in [-0.2, 0) is 16.8 Å². The SMILES string of the molecule is CN1C(=O)CC(C)(c2cc(CC(=O)c3cc4cc(Br)ccc4o3)ccc2F)N=C1N. The van der Waals surface area contributed by atoms with Crippen molar-refractivity contribution in [1.29, 1.82) is 0 Å². The molecule has 0 fully saturated rings. The fourth-order valence-corrected chi connectivity index (χ4v) is 3.96. The Morgan fingerprint density at radius 2 is 2.07 bits per heavy atom. The summed E-state index contributed by atoms with van der Waals surface area (Å²) < 4.78 is 21.2. The van der Waals surface area contributed by atoms with Gasteiger partial charge in [0.15, 0.2) is 11.7 Å². The van der Waals surface area contributed by atoms with E-state index in [0.717, 1.165) is 9.86 Å². The number of hydrogen-bond donors (Lipinski definition) is 1. The molecule has 0 saturated carbocycles. The van der Waals surface area contributed by atoms with E-state index in [1.165, 1.54) is 18.0 Å². The summed E-state index contributed by atoms with van der Waals surface area (Å²) in [5.74, 6) is -0.719. The Morgan fingerprint density at radius 1 is 1.30 bits per heavy atom. The highest BCUT2D eigenvalue weighted by molar-refractivity contribution is 9.10. The molecule has 0 radical (unpaired) electrons. The van der Waals surface area contributed by atoms with E-state index in [1.54, 1.807) is 31.2 Å². The quantitative estimate of drug-likeness (QED) is 0.578. The molecule has 1 atom stereocenters. The number of furan rings is 1. The smallest absolute Gasteiger partial charge is 0.231 e. The first-order valence-corrected chi connectivity index (χ1v) is 10.1. The minimum atomic E-state index is -1.14. The number of carbonyl (C=O) groups excluding carboxylic acids is 2. The zero-order valence-electron chi connectivity index (χ0n) is 16.4. The van der Waals surface area contributed by atoms with Gasteiger partial charge in [-0.1, -0.05) is 22.0 Å². The summed E-state index contributed by atoms with van der Waals surface area (Å²) in [5.41, 5.74) is 6.14. The summed E-state index contributed by atoms with van der Waals surface area (Å²) in [6.45, 7) is 1.66. The molecular formula is C22H19BrFN3O3. The van der Waals surface area contributed by atoms with E-state index in [9.17, 15) is 14.0 Å². The summed E-state index contributed by atoms with van der Waals surface area (Å²) >= 11 is 3.39. The predicted octanol–water partition coefficient (Wildman–Crippen LogP) is 4.15. The lowest BCUT2D eigenvalue weighted by Crippen LogP contribution is -2.47. The number of Topliss-reactive ketones (excluding diaryl/α,β-unsaturated/α-hetero) is 1. The Hall–Kier alpha value is -3.00. The number of fused-ring (bicyclic) bond motifs is 1. The van der Waals surface area contributed by atoms with Crippen LogP contribution in [0.4, 0.5) is 4.39 Å². The summed E-state index contributed by atoms with van der Waals surface area (Å²) in [6, 6.07) is 11.6. The zero-order chi connectivity index (χ0) is 21.6. The predicted molar refractivity (Wildman–Crippen MR) is 115 cm³/mol. The monoisotopic (exact) mass is 471 g/mol. The molecule has 0 saturated heterocycles. The number of halogens is 2. The first-order chi connectivity index (χ1) is 14.2. The minimum Gasteiger partial charge on any atom is -0.453 e. The maximum absolute atomic E-state index is 14.6. The Morgan fingerprint density at radius 3 is 2.80 bits per heavy atom. The lowest BCUT2D eigenvalue weighted by atomic mass is 9.85. The van der Waals surface area contributed by atoms with Gasteiger partial charge in [0.1, 0.15) is 11.4 Å². The van der Waals surface area contributed by atoms with E-state index in [-0.39, 0.29) is 41.8 Å². The highest BCUT2D eigenvalue weighted by Gasteiger charge is 2.38. The third-order valence-electron chi connectivity index (χ3n) is 5.30. The number of guanidine groups is 1. The molecule has 1 aromatic heterocycles. The molecule has 2 aromatic carbocycles. The van der Waals surface area contributed by atoms with E-state index in [2.05, 4.69) is 20.9 Å². The third-order valence-corrected chi connectivity index (χ3v) is 5.80. The Labute approximate surface area is 180 Å². The van der Waals surface area contributed by atoms with Gasteiger partial charge in [-0.05, 0) is 48.9 Å². The van der Waals surface area contributed by atoms with Crippen LogP contribution < -0.4 is 5.73 Å². The lowest BCUT2D eigenvalue weighted by molar-refractivity contribution is -0.128. The third kappa shape index (κ3) is 3.63. The fourth-order valence-electron chi connectivity index (χ4n) is 3.58. The topological polar surface area (TPSA) is 88.9 Å². The molecule has 0 spiro atoms. The van der Waals surface area contributed by atoms with Crippen molar-refractivity contribution in [2.75, 3.05) is 7.05 Å². The fraction of sp³-hybridized carbons (Fsp3) is 0.227. The number of ketones is 1. The van der Waals surface area contributed by atoms with Crippen LogP contribution in [0.25, 0.3) is 11.0 Å². The molecule has 2 N–H and O–H groups in total. The van der Waals surface area contributed by atoms with E-state index < -0.39 is 11.4 Å². The van der Waals surface area contributed by atoms with Crippen molar-refractivity contribution >= 4 is 44.5 Å². The maximum atomic E-state index is 14.6. The Kier molecular flexibility index (Phi) is 4.97. The molecule has 4 rings (SSSR count). The van der Waals surface area contributed by atoms with Gasteiger partial charge in [-0.25, -0.2) is 9.38 Å². The molecule has 3 aromatic rings. The van der Waals surface area contributed by atoms with Gasteiger partial charge in [-0.2, -0.15) is 0 Å². The largest absolute Gasteiger partial charge is 0.453 e. The van der Waals surface area contributed by atoms with Crippen molar-refractivity contribution < 1.29 is 18.4 Å². The second kappa shape index (κ2) is 7.36. The van der Waals surface area contributed by atoms with E-state index in [1.807, 2.05) is 12.1 Å². The lowest BCUT2D eigenvalue weighted by Gasteiger charge is -2.34. The van der Waals surface area contributed by atoms with Crippen LogP contribution in [-0.4, -0.2) is 29.6 Å². The second-order valence-electron chi connectivity index (χ2n) is 7.58. The van der Waals surface area contributed by atoms with Crippen LogP contribution >= 0.6 is 15.9 Å². The summed E-state index contributed by atoms with van der Waals surface area (Å²) in [5, 5.41) is 0.815. The summed E-state index contributed by atoms with van der Waals surface area (Å²) in [4.78, 5) is 30.6. The summed E-state index contributed by atoms with van der Waals surface area (Å²) in [7, 11) is 1.53. The van der Waals surface area contributed by atoms with Crippen LogP contribution in [0.3, 0.4) is 0 Å². The number of benzene rings is 2. The minimum absolute atomic E-state index is 0.0169.